The van der Waals surface area contributed by atoms with E-state index in [0.29, 0.717) is 28.3 Å². The van der Waals surface area contributed by atoms with Gasteiger partial charge in [-0.2, -0.15) is 0 Å². The minimum atomic E-state index is -3.92. The number of anilines is 2. The van der Waals surface area contributed by atoms with Gasteiger partial charge in [-0.15, -0.1) is 0 Å². The largest absolute Gasteiger partial charge is 0.482 e. The van der Waals surface area contributed by atoms with Crippen molar-refractivity contribution >= 4 is 49.1 Å². The van der Waals surface area contributed by atoms with Crippen LogP contribution in [0.25, 0.3) is 0 Å². The molecule has 2 aromatic carbocycles. The number of nitrogens with zero attached hydrogens (tertiary/aromatic N) is 1. The molecule has 0 saturated carbocycles. The van der Waals surface area contributed by atoms with E-state index in [1.54, 1.807) is 32.0 Å². The lowest BCUT2D eigenvalue weighted by Gasteiger charge is -2.29. The van der Waals surface area contributed by atoms with E-state index < -0.39 is 15.9 Å². The van der Waals surface area contributed by atoms with Crippen molar-refractivity contribution in [3.8, 4) is 5.75 Å². The highest BCUT2D eigenvalue weighted by Gasteiger charge is 2.27. The zero-order valence-electron chi connectivity index (χ0n) is 15.2. The van der Waals surface area contributed by atoms with Crippen molar-refractivity contribution in [3.05, 3.63) is 45.9 Å². The smallest absolute Gasteiger partial charge is 0.265 e. The highest BCUT2D eigenvalue weighted by molar-refractivity contribution is 9.10. The fraction of sp³-hybridized carbons (Fsp3) is 0.222. The van der Waals surface area contributed by atoms with Crippen LogP contribution in [-0.4, -0.2) is 33.4 Å². The first-order valence-electron chi connectivity index (χ1n) is 8.23. The second kappa shape index (κ2) is 7.53. The number of carbonyl (C=O) groups excluding carboxylic acids is 2. The molecule has 0 aromatic heterocycles. The van der Waals surface area contributed by atoms with Crippen molar-refractivity contribution in [2.24, 2.45) is 5.14 Å². The number of nitrogens with two attached hydrogens (primary N) is 1. The molecule has 10 heteroatoms. The Morgan fingerprint density at radius 1 is 1.29 bits per heavy atom. The number of amides is 2. The number of halogens is 1. The van der Waals surface area contributed by atoms with Crippen LogP contribution in [0.4, 0.5) is 11.4 Å². The lowest BCUT2D eigenvalue weighted by atomic mass is 10.1. The predicted octanol–water partition coefficient (Wildman–Crippen LogP) is 2.08. The van der Waals surface area contributed by atoms with Crippen LogP contribution in [0.2, 0.25) is 0 Å². The third-order valence-corrected chi connectivity index (χ3v) is 5.80. The minimum absolute atomic E-state index is 0.0939. The van der Waals surface area contributed by atoms with Gasteiger partial charge in [0, 0.05) is 10.2 Å². The molecule has 1 aliphatic heterocycles. The summed E-state index contributed by atoms with van der Waals surface area (Å²) in [6.07, 6.45) is 0. The number of carbonyl (C=O) groups is 2. The monoisotopic (exact) mass is 467 g/mol. The van der Waals surface area contributed by atoms with Gasteiger partial charge in [0.2, 0.25) is 15.9 Å². The summed E-state index contributed by atoms with van der Waals surface area (Å²) in [5.41, 5.74) is 2.18. The van der Waals surface area contributed by atoms with Gasteiger partial charge in [0.1, 0.15) is 12.3 Å². The number of fused-ring (bicyclic) bond motifs is 1. The van der Waals surface area contributed by atoms with Crippen LogP contribution in [0.5, 0.6) is 5.75 Å². The molecule has 0 unspecified atom stereocenters. The molecule has 1 aliphatic rings. The number of benzene rings is 2. The van der Waals surface area contributed by atoms with Gasteiger partial charge in [-0.25, -0.2) is 13.6 Å². The summed E-state index contributed by atoms with van der Waals surface area (Å²) in [6, 6.07) is 7.90. The van der Waals surface area contributed by atoms with Crippen molar-refractivity contribution in [1.82, 2.24) is 0 Å². The molecule has 8 nitrogen and oxygen atoms in total. The Morgan fingerprint density at radius 3 is 2.68 bits per heavy atom. The van der Waals surface area contributed by atoms with E-state index in [1.165, 1.54) is 17.0 Å². The maximum Gasteiger partial charge on any atom is 0.265 e. The summed E-state index contributed by atoms with van der Waals surface area (Å²) >= 11 is 3.34. The molecule has 0 bridgehead atoms. The zero-order valence-corrected chi connectivity index (χ0v) is 17.6. The van der Waals surface area contributed by atoms with Gasteiger partial charge in [-0.05, 0) is 55.3 Å². The van der Waals surface area contributed by atoms with E-state index in [1.807, 2.05) is 0 Å². The molecule has 1 heterocycles. The number of aryl methyl sites for hydroxylation is 1. The zero-order chi connectivity index (χ0) is 20.6. The number of ether oxygens (including phenoxy) is 1. The first kappa shape index (κ1) is 20.3. The number of primary sulfonamides is 1. The van der Waals surface area contributed by atoms with Gasteiger partial charge in [-0.3, -0.25) is 14.5 Å². The van der Waals surface area contributed by atoms with Crippen molar-refractivity contribution in [1.29, 1.82) is 0 Å². The fourth-order valence-electron chi connectivity index (χ4n) is 2.81. The summed E-state index contributed by atoms with van der Waals surface area (Å²) in [7, 11) is -3.92. The fourth-order valence-corrected chi connectivity index (χ4v) is 3.77. The Labute approximate surface area is 170 Å². The molecule has 0 atom stereocenters. The number of hydrogen-bond acceptors (Lipinski definition) is 5. The molecule has 148 valence electrons. The summed E-state index contributed by atoms with van der Waals surface area (Å²) in [5, 5.41) is 7.87. The normalized spacial score (nSPS) is 13.7. The highest BCUT2D eigenvalue weighted by atomic mass is 79.9. The van der Waals surface area contributed by atoms with E-state index in [2.05, 4.69) is 21.2 Å². The van der Waals surface area contributed by atoms with Crippen LogP contribution >= 0.6 is 15.9 Å². The predicted molar refractivity (Wildman–Crippen MR) is 108 cm³/mol. The Morgan fingerprint density at radius 2 is 2.00 bits per heavy atom. The summed E-state index contributed by atoms with van der Waals surface area (Å²) in [5.74, 6) is -0.334. The Balaban J connectivity index is 1.86. The topological polar surface area (TPSA) is 119 Å². The average Bonchev–Trinajstić information content (AvgIpc) is 2.60. The minimum Gasteiger partial charge on any atom is -0.482 e. The summed E-state index contributed by atoms with van der Waals surface area (Å²) < 4.78 is 29.5. The molecule has 2 aromatic rings. The Hall–Kier alpha value is -2.43. The van der Waals surface area contributed by atoms with Crippen molar-refractivity contribution in [2.45, 2.75) is 18.7 Å². The van der Waals surface area contributed by atoms with Gasteiger partial charge in [0.25, 0.3) is 5.91 Å². The lowest BCUT2D eigenvalue weighted by Crippen LogP contribution is -2.43. The first-order chi connectivity index (χ1) is 13.1. The van der Waals surface area contributed by atoms with E-state index >= 15 is 0 Å². The van der Waals surface area contributed by atoms with E-state index in [0.717, 1.165) is 4.47 Å². The summed E-state index contributed by atoms with van der Waals surface area (Å²) in [6.45, 7) is 3.06. The maximum atomic E-state index is 12.6. The standard InChI is InChI=1S/C18H18BrN3O5S/c1-10-5-13(28(20,25)26)7-14(11(10)2)21-17(23)8-22-15-4-3-12(19)6-16(15)27-9-18(22)24/h3-7H,8-9H2,1-2H3,(H,21,23)(H2,20,25,26). The van der Waals surface area contributed by atoms with E-state index in [-0.39, 0.29) is 24.0 Å². The third-order valence-electron chi connectivity index (χ3n) is 4.41. The second-order valence-electron chi connectivity index (χ2n) is 6.39. The third kappa shape index (κ3) is 4.18. The molecule has 0 saturated heterocycles. The van der Waals surface area contributed by atoms with Crippen LogP contribution in [0.3, 0.4) is 0 Å². The van der Waals surface area contributed by atoms with Crippen LogP contribution in [0, 0.1) is 13.8 Å². The van der Waals surface area contributed by atoms with E-state index in [4.69, 9.17) is 9.88 Å². The van der Waals surface area contributed by atoms with Crippen LogP contribution in [0.15, 0.2) is 39.7 Å². The van der Waals surface area contributed by atoms with Gasteiger partial charge >= 0.3 is 0 Å². The van der Waals surface area contributed by atoms with Gasteiger partial charge in [-0.1, -0.05) is 15.9 Å². The SMILES string of the molecule is Cc1cc(S(N)(=O)=O)cc(NC(=O)CN2C(=O)COc3cc(Br)ccc32)c1C. The van der Waals surface area contributed by atoms with Gasteiger partial charge < -0.3 is 10.1 Å². The second-order valence-corrected chi connectivity index (χ2v) is 8.86. The van der Waals surface area contributed by atoms with Crippen molar-refractivity contribution < 1.29 is 22.7 Å². The number of nitrogens with one attached hydrogen (secondary N) is 1. The van der Waals surface area contributed by atoms with Crippen molar-refractivity contribution in [3.63, 3.8) is 0 Å². The molecule has 28 heavy (non-hydrogen) atoms. The maximum absolute atomic E-state index is 12.6. The Kier molecular flexibility index (Phi) is 5.46. The lowest BCUT2D eigenvalue weighted by molar-refractivity contribution is -0.123. The van der Waals surface area contributed by atoms with Gasteiger partial charge in [0.05, 0.1) is 10.6 Å². The molecule has 0 fully saturated rings. The molecule has 3 N–H and O–H groups in total. The molecular formula is C18H18BrN3O5S. The summed E-state index contributed by atoms with van der Waals surface area (Å²) in [4.78, 5) is 26.1. The Bertz CT molecular complexity index is 1080. The molecule has 0 radical (unpaired) electrons. The number of rotatable bonds is 4. The molecule has 2 amide bonds. The van der Waals surface area contributed by atoms with Gasteiger partial charge in [0.15, 0.2) is 6.61 Å². The number of hydrogen-bond donors (Lipinski definition) is 2. The van der Waals surface area contributed by atoms with Crippen LogP contribution in [0.1, 0.15) is 11.1 Å². The highest BCUT2D eigenvalue weighted by Crippen LogP contribution is 2.34. The molecule has 0 spiro atoms. The molecular weight excluding hydrogens is 450 g/mol. The average molecular weight is 468 g/mol. The van der Waals surface area contributed by atoms with Crippen LogP contribution in [-0.2, 0) is 19.6 Å². The molecule has 3 rings (SSSR count). The molecule has 0 aliphatic carbocycles. The van der Waals surface area contributed by atoms with Crippen molar-refractivity contribution in [2.75, 3.05) is 23.4 Å². The number of sulfonamides is 1. The van der Waals surface area contributed by atoms with E-state index in [9.17, 15) is 18.0 Å². The first-order valence-corrected chi connectivity index (χ1v) is 10.6. The van der Waals surface area contributed by atoms with Crippen LogP contribution < -0.4 is 20.1 Å². The quantitative estimate of drug-likeness (QED) is 0.713.